The van der Waals surface area contributed by atoms with E-state index in [1.54, 1.807) is 0 Å². The van der Waals surface area contributed by atoms with Crippen LogP contribution in [-0.2, 0) is 7.05 Å². The van der Waals surface area contributed by atoms with Crippen molar-refractivity contribution in [3.05, 3.63) is 47.7 Å². The van der Waals surface area contributed by atoms with Gasteiger partial charge in [-0.3, -0.25) is 0 Å². The average molecular weight is 213 g/mol. The molecule has 1 nitrogen and oxygen atoms in total. The minimum atomic E-state index is 0.598. The number of rotatable bonds is 2. The molecule has 0 atom stereocenters. The molecule has 1 heterocycles. The van der Waals surface area contributed by atoms with Crippen molar-refractivity contribution in [3.63, 3.8) is 0 Å². The van der Waals surface area contributed by atoms with Crippen LogP contribution in [0, 0.1) is 6.92 Å². The van der Waals surface area contributed by atoms with E-state index < -0.39 is 0 Å². The van der Waals surface area contributed by atoms with Gasteiger partial charge >= 0.3 is 0 Å². The maximum atomic E-state index is 2.30. The summed E-state index contributed by atoms with van der Waals surface area (Å²) in [4.78, 5) is 0. The standard InChI is InChI=1S/C15H19N/c1-11(2)13-7-8-14(12(3)10-13)15-6-5-9-16(15)4/h5-11H,1-4H3. The predicted octanol–water partition coefficient (Wildman–Crippen LogP) is 4.12. The van der Waals surface area contributed by atoms with Crippen LogP contribution < -0.4 is 0 Å². The highest BCUT2D eigenvalue weighted by Crippen LogP contribution is 2.26. The predicted molar refractivity (Wildman–Crippen MR) is 69.7 cm³/mol. The molecule has 0 radical (unpaired) electrons. The van der Waals surface area contributed by atoms with Crippen LogP contribution in [0.25, 0.3) is 11.3 Å². The van der Waals surface area contributed by atoms with Crippen LogP contribution in [0.15, 0.2) is 36.5 Å². The molecule has 0 bridgehead atoms. The van der Waals surface area contributed by atoms with Crippen LogP contribution in [-0.4, -0.2) is 4.57 Å². The molecular weight excluding hydrogens is 194 g/mol. The molecule has 0 aliphatic heterocycles. The minimum absolute atomic E-state index is 0.598. The lowest BCUT2D eigenvalue weighted by atomic mass is 9.97. The molecule has 0 saturated heterocycles. The van der Waals surface area contributed by atoms with Crippen molar-refractivity contribution in [1.29, 1.82) is 0 Å². The van der Waals surface area contributed by atoms with Gasteiger partial charge in [-0.15, -0.1) is 0 Å². The van der Waals surface area contributed by atoms with Crippen LogP contribution in [0.4, 0.5) is 0 Å². The maximum absolute atomic E-state index is 2.30. The molecule has 84 valence electrons. The molecule has 16 heavy (non-hydrogen) atoms. The van der Waals surface area contributed by atoms with E-state index in [9.17, 15) is 0 Å². The second-order valence-corrected chi connectivity index (χ2v) is 4.73. The topological polar surface area (TPSA) is 4.93 Å². The molecule has 0 N–H and O–H groups in total. The van der Waals surface area contributed by atoms with Gasteiger partial charge in [-0.2, -0.15) is 0 Å². The first kappa shape index (κ1) is 11.0. The van der Waals surface area contributed by atoms with Gasteiger partial charge in [-0.1, -0.05) is 32.0 Å². The number of aryl methyl sites for hydroxylation is 2. The van der Waals surface area contributed by atoms with Gasteiger partial charge in [0, 0.05) is 24.5 Å². The van der Waals surface area contributed by atoms with Crippen molar-refractivity contribution >= 4 is 0 Å². The number of aromatic nitrogens is 1. The van der Waals surface area contributed by atoms with Gasteiger partial charge < -0.3 is 4.57 Å². The first-order valence-electron chi connectivity index (χ1n) is 5.82. The smallest absolute Gasteiger partial charge is 0.0480 e. The molecule has 0 unspecified atom stereocenters. The molecule has 1 aromatic carbocycles. The summed E-state index contributed by atoms with van der Waals surface area (Å²) in [6.45, 7) is 6.65. The molecule has 1 heteroatoms. The Kier molecular flexibility index (Phi) is 2.86. The number of nitrogens with zero attached hydrogens (tertiary/aromatic N) is 1. The summed E-state index contributed by atoms with van der Waals surface area (Å²) in [5, 5.41) is 0. The Morgan fingerprint density at radius 1 is 1.12 bits per heavy atom. The summed E-state index contributed by atoms with van der Waals surface area (Å²) in [5.74, 6) is 0.598. The third-order valence-electron chi connectivity index (χ3n) is 3.14. The van der Waals surface area contributed by atoms with E-state index >= 15 is 0 Å². The fraction of sp³-hybridized carbons (Fsp3) is 0.333. The van der Waals surface area contributed by atoms with Crippen LogP contribution in [0.2, 0.25) is 0 Å². The summed E-state index contributed by atoms with van der Waals surface area (Å²) in [6, 6.07) is 11.0. The molecule has 1 aromatic heterocycles. The minimum Gasteiger partial charge on any atom is -0.351 e. The highest BCUT2D eigenvalue weighted by Gasteiger charge is 2.06. The first-order chi connectivity index (χ1) is 7.59. The molecule has 0 aliphatic carbocycles. The quantitative estimate of drug-likeness (QED) is 0.707. The van der Waals surface area contributed by atoms with Crippen LogP contribution in [0.1, 0.15) is 30.9 Å². The van der Waals surface area contributed by atoms with Gasteiger partial charge in [0.15, 0.2) is 0 Å². The average Bonchev–Trinajstić information content (AvgIpc) is 2.64. The maximum Gasteiger partial charge on any atom is 0.0480 e. The van der Waals surface area contributed by atoms with E-state index in [2.05, 4.69) is 68.9 Å². The number of hydrogen-bond donors (Lipinski definition) is 0. The van der Waals surface area contributed by atoms with E-state index in [-0.39, 0.29) is 0 Å². The largest absolute Gasteiger partial charge is 0.351 e. The van der Waals surface area contributed by atoms with Crippen LogP contribution >= 0.6 is 0 Å². The lowest BCUT2D eigenvalue weighted by Gasteiger charge is -2.11. The molecule has 2 rings (SSSR count). The lowest BCUT2D eigenvalue weighted by molar-refractivity contribution is 0.864. The van der Waals surface area contributed by atoms with Crippen molar-refractivity contribution < 1.29 is 0 Å². The molecule has 2 aromatic rings. The fourth-order valence-corrected chi connectivity index (χ4v) is 2.07. The molecule has 0 amide bonds. The normalized spacial score (nSPS) is 11.1. The summed E-state index contributed by atoms with van der Waals surface area (Å²) in [6.07, 6.45) is 2.09. The van der Waals surface area contributed by atoms with Crippen LogP contribution in [0.3, 0.4) is 0 Å². The van der Waals surface area contributed by atoms with Gasteiger partial charge in [0.1, 0.15) is 0 Å². The van der Waals surface area contributed by atoms with Gasteiger partial charge in [-0.05, 0) is 36.1 Å². The second kappa shape index (κ2) is 4.17. The summed E-state index contributed by atoms with van der Waals surface area (Å²) < 4.78 is 2.16. The Hall–Kier alpha value is -1.50. The number of hydrogen-bond acceptors (Lipinski definition) is 0. The zero-order valence-corrected chi connectivity index (χ0v) is 10.5. The van der Waals surface area contributed by atoms with E-state index in [1.165, 1.54) is 22.4 Å². The molecule has 0 saturated carbocycles. The third-order valence-corrected chi connectivity index (χ3v) is 3.14. The Bertz CT molecular complexity index is 492. The zero-order chi connectivity index (χ0) is 11.7. The fourth-order valence-electron chi connectivity index (χ4n) is 2.07. The molecule has 0 spiro atoms. The Balaban J connectivity index is 2.48. The summed E-state index contributed by atoms with van der Waals surface area (Å²) >= 11 is 0. The molecule has 0 aliphatic rings. The van der Waals surface area contributed by atoms with Crippen molar-refractivity contribution in [1.82, 2.24) is 4.57 Å². The van der Waals surface area contributed by atoms with Crippen molar-refractivity contribution in [2.45, 2.75) is 26.7 Å². The molecule has 0 fully saturated rings. The summed E-state index contributed by atoms with van der Waals surface area (Å²) in [7, 11) is 2.09. The first-order valence-corrected chi connectivity index (χ1v) is 5.82. The van der Waals surface area contributed by atoms with E-state index in [4.69, 9.17) is 0 Å². The Labute approximate surface area is 97.7 Å². The van der Waals surface area contributed by atoms with Crippen molar-refractivity contribution in [2.75, 3.05) is 0 Å². The molecular formula is C15H19N. The Morgan fingerprint density at radius 2 is 1.88 bits per heavy atom. The highest BCUT2D eigenvalue weighted by molar-refractivity contribution is 5.64. The van der Waals surface area contributed by atoms with Gasteiger partial charge in [-0.25, -0.2) is 0 Å². The van der Waals surface area contributed by atoms with E-state index in [0.29, 0.717) is 5.92 Å². The van der Waals surface area contributed by atoms with E-state index in [0.717, 1.165) is 0 Å². The zero-order valence-electron chi connectivity index (χ0n) is 10.5. The van der Waals surface area contributed by atoms with Gasteiger partial charge in [0.2, 0.25) is 0 Å². The van der Waals surface area contributed by atoms with Gasteiger partial charge in [0.05, 0.1) is 0 Å². The Morgan fingerprint density at radius 3 is 2.38 bits per heavy atom. The number of benzene rings is 1. The van der Waals surface area contributed by atoms with E-state index in [1.807, 2.05) is 0 Å². The van der Waals surface area contributed by atoms with Crippen LogP contribution in [0.5, 0.6) is 0 Å². The lowest BCUT2D eigenvalue weighted by Crippen LogP contribution is -1.94. The van der Waals surface area contributed by atoms with Crippen molar-refractivity contribution in [2.24, 2.45) is 7.05 Å². The third kappa shape index (κ3) is 1.90. The SMILES string of the molecule is Cc1cc(C(C)C)ccc1-c1cccn1C. The second-order valence-electron chi connectivity index (χ2n) is 4.73. The van der Waals surface area contributed by atoms with Crippen molar-refractivity contribution in [3.8, 4) is 11.3 Å². The summed E-state index contributed by atoms with van der Waals surface area (Å²) in [5.41, 5.74) is 5.38. The highest BCUT2D eigenvalue weighted by atomic mass is 14.9. The monoisotopic (exact) mass is 213 g/mol. The van der Waals surface area contributed by atoms with Gasteiger partial charge in [0.25, 0.3) is 0 Å².